The molecule has 0 aliphatic rings. The summed E-state index contributed by atoms with van der Waals surface area (Å²) in [4.78, 5) is 4.37. The van der Waals surface area contributed by atoms with Crippen LogP contribution in [-0.4, -0.2) is 48.3 Å². The van der Waals surface area contributed by atoms with Gasteiger partial charge in [-0.3, -0.25) is 15.1 Å². The van der Waals surface area contributed by atoms with E-state index in [1.807, 2.05) is 36.5 Å². The molecule has 2 atom stereocenters. The number of nitrogens with zero attached hydrogens (tertiary/aromatic N) is 2. The van der Waals surface area contributed by atoms with Crippen molar-refractivity contribution < 1.29 is 0 Å². The highest BCUT2D eigenvalue weighted by Gasteiger charge is 2.19. The normalized spacial score (nSPS) is 13.4. The van der Waals surface area contributed by atoms with Gasteiger partial charge in [0, 0.05) is 26.2 Å². The molecule has 116 valence electrons. The van der Waals surface area contributed by atoms with Gasteiger partial charge in [0.1, 0.15) is 0 Å². The molecule has 0 aliphatic carbocycles. The molecular weight excluding hydrogens is 258 g/mol. The minimum atomic E-state index is 0.00105. The summed E-state index contributed by atoms with van der Waals surface area (Å²) in [5, 5.41) is 3.52. The second-order valence-electron chi connectivity index (χ2n) is 4.59. The summed E-state index contributed by atoms with van der Waals surface area (Å²) in [6, 6.07) is 0. The van der Waals surface area contributed by atoms with Crippen molar-refractivity contribution >= 4 is 0 Å². The van der Waals surface area contributed by atoms with Crippen LogP contribution in [0.2, 0.25) is 0 Å². The molecule has 1 N–H and O–H groups in total. The fourth-order valence-electron chi connectivity index (χ4n) is 2.09. The summed E-state index contributed by atoms with van der Waals surface area (Å²) < 4.78 is 0. The predicted octanol–water partition coefficient (Wildman–Crippen LogP) is 2.95. The number of nitrogens with one attached hydrogen (secondary N) is 1. The Labute approximate surface area is 130 Å². The van der Waals surface area contributed by atoms with Gasteiger partial charge in [-0.2, -0.15) is 0 Å². The summed E-state index contributed by atoms with van der Waals surface area (Å²) in [7, 11) is 0. The lowest BCUT2D eigenvalue weighted by molar-refractivity contribution is 0.166. The summed E-state index contributed by atoms with van der Waals surface area (Å²) in [6.45, 7) is 26.0. The zero-order valence-electron chi connectivity index (χ0n) is 13.1. The lowest BCUT2D eigenvalue weighted by Crippen LogP contribution is -2.54. The molecule has 0 aromatic heterocycles. The van der Waals surface area contributed by atoms with Crippen molar-refractivity contribution in [3.63, 3.8) is 0 Å². The first-order chi connectivity index (χ1) is 10.2. The Kier molecular flexibility index (Phi) is 11.1. The van der Waals surface area contributed by atoms with Crippen LogP contribution in [0.4, 0.5) is 0 Å². The van der Waals surface area contributed by atoms with E-state index in [4.69, 9.17) is 0 Å². The fraction of sp³-hybridized carbons (Fsp3) is 0.333. The van der Waals surface area contributed by atoms with Crippen LogP contribution >= 0.6 is 0 Å². The van der Waals surface area contributed by atoms with Gasteiger partial charge in [0.2, 0.25) is 0 Å². The lowest BCUT2D eigenvalue weighted by Gasteiger charge is -2.35. The van der Waals surface area contributed by atoms with E-state index >= 15 is 0 Å². The standard InChI is InChI=1S/C18H29N3/c1-7-13-20(14-8-2)17(11-5)19-18(12-6)21(15-9-3)16-10-4/h7-12,17-19H,1-6,13-16H2. The van der Waals surface area contributed by atoms with E-state index in [0.29, 0.717) is 0 Å². The SMILES string of the molecule is C=CCN(CC=C)C(C=C)NC(C=C)N(CC=C)CC=C. The van der Waals surface area contributed by atoms with E-state index in [1.54, 1.807) is 0 Å². The third kappa shape index (κ3) is 7.04. The van der Waals surface area contributed by atoms with Crippen LogP contribution in [0.1, 0.15) is 0 Å². The Hall–Kier alpha value is -1.68. The molecule has 3 nitrogen and oxygen atoms in total. The monoisotopic (exact) mass is 287 g/mol. The van der Waals surface area contributed by atoms with E-state index < -0.39 is 0 Å². The van der Waals surface area contributed by atoms with Crippen molar-refractivity contribution in [2.24, 2.45) is 0 Å². The molecule has 0 aromatic carbocycles. The summed E-state index contributed by atoms with van der Waals surface area (Å²) in [6.07, 6.45) is 11.2. The van der Waals surface area contributed by atoms with Gasteiger partial charge in [-0.05, 0) is 0 Å². The largest absolute Gasteiger partial charge is 0.280 e. The Morgan fingerprint density at radius 2 is 0.905 bits per heavy atom. The first-order valence-electron chi connectivity index (χ1n) is 7.11. The van der Waals surface area contributed by atoms with Gasteiger partial charge in [-0.15, -0.1) is 39.5 Å². The summed E-state index contributed by atoms with van der Waals surface area (Å²) in [5.74, 6) is 0. The van der Waals surface area contributed by atoms with Crippen molar-refractivity contribution in [1.82, 2.24) is 15.1 Å². The van der Waals surface area contributed by atoms with Gasteiger partial charge >= 0.3 is 0 Å². The van der Waals surface area contributed by atoms with Crippen LogP contribution in [-0.2, 0) is 0 Å². The van der Waals surface area contributed by atoms with Crippen molar-refractivity contribution in [2.45, 2.75) is 12.3 Å². The molecule has 0 bridgehead atoms. The Morgan fingerprint density at radius 1 is 0.619 bits per heavy atom. The highest BCUT2D eigenvalue weighted by Crippen LogP contribution is 2.05. The molecule has 21 heavy (non-hydrogen) atoms. The Balaban J connectivity index is 4.99. The molecule has 0 saturated carbocycles. The molecule has 0 amide bonds. The maximum absolute atomic E-state index is 3.92. The van der Waals surface area contributed by atoms with Crippen LogP contribution in [0.15, 0.2) is 75.9 Å². The molecule has 2 unspecified atom stereocenters. The van der Waals surface area contributed by atoms with Crippen LogP contribution in [0.3, 0.4) is 0 Å². The van der Waals surface area contributed by atoms with Crippen LogP contribution in [0.25, 0.3) is 0 Å². The third-order valence-electron chi connectivity index (χ3n) is 3.03. The zero-order chi connectivity index (χ0) is 16.1. The van der Waals surface area contributed by atoms with Gasteiger partial charge in [-0.1, -0.05) is 36.5 Å². The van der Waals surface area contributed by atoms with E-state index in [0.717, 1.165) is 26.2 Å². The van der Waals surface area contributed by atoms with Crippen LogP contribution < -0.4 is 5.32 Å². The second-order valence-corrected chi connectivity index (χ2v) is 4.59. The Morgan fingerprint density at radius 3 is 1.10 bits per heavy atom. The van der Waals surface area contributed by atoms with Crippen molar-refractivity contribution in [1.29, 1.82) is 0 Å². The summed E-state index contributed by atoms with van der Waals surface area (Å²) >= 11 is 0. The van der Waals surface area contributed by atoms with Gasteiger partial charge in [-0.25, -0.2) is 0 Å². The molecule has 0 fully saturated rings. The van der Waals surface area contributed by atoms with Crippen LogP contribution in [0, 0.1) is 0 Å². The smallest absolute Gasteiger partial charge is 0.0806 e. The zero-order valence-corrected chi connectivity index (χ0v) is 13.1. The third-order valence-corrected chi connectivity index (χ3v) is 3.03. The van der Waals surface area contributed by atoms with Gasteiger partial charge in [0.05, 0.1) is 12.3 Å². The molecule has 0 saturated heterocycles. The topological polar surface area (TPSA) is 18.5 Å². The molecular formula is C18H29N3. The minimum absolute atomic E-state index is 0.00105. The average Bonchev–Trinajstić information content (AvgIpc) is 2.48. The number of hydrogen-bond donors (Lipinski definition) is 1. The second kappa shape index (κ2) is 12.1. The molecule has 0 aromatic rings. The minimum Gasteiger partial charge on any atom is -0.280 e. The molecule has 3 heteroatoms. The summed E-state index contributed by atoms with van der Waals surface area (Å²) in [5.41, 5.74) is 0. The molecule has 0 rings (SSSR count). The Bertz CT molecular complexity index is 305. The van der Waals surface area contributed by atoms with E-state index in [-0.39, 0.29) is 12.3 Å². The first kappa shape index (κ1) is 19.3. The van der Waals surface area contributed by atoms with Gasteiger partial charge in [0.15, 0.2) is 0 Å². The molecule has 0 radical (unpaired) electrons. The highest BCUT2D eigenvalue weighted by molar-refractivity contribution is 4.98. The first-order valence-corrected chi connectivity index (χ1v) is 7.11. The van der Waals surface area contributed by atoms with Gasteiger partial charge in [0.25, 0.3) is 0 Å². The van der Waals surface area contributed by atoms with E-state index in [1.165, 1.54) is 0 Å². The predicted molar refractivity (Wildman–Crippen MR) is 95.0 cm³/mol. The fourth-order valence-corrected chi connectivity index (χ4v) is 2.09. The van der Waals surface area contributed by atoms with Crippen molar-refractivity contribution in [3.8, 4) is 0 Å². The maximum atomic E-state index is 3.92. The van der Waals surface area contributed by atoms with E-state index in [2.05, 4.69) is 54.6 Å². The van der Waals surface area contributed by atoms with Crippen molar-refractivity contribution in [2.75, 3.05) is 26.2 Å². The van der Waals surface area contributed by atoms with Gasteiger partial charge < -0.3 is 0 Å². The van der Waals surface area contributed by atoms with Crippen molar-refractivity contribution in [3.05, 3.63) is 75.9 Å². The number of hydrogen-bond acceptors (Lipinski definition) is 3. The van der Waals surface area contributed by atoms with Crippen LogP contribution in [0.5, 0.6) is 0 Å². The quantitative estimate of drug-likeness (QED) is 0.391. The highest BCUT2D eigenvalue weighted by atomic mass is 15.3. The molecule has 0 aliphatic heterocycles. The molecule has 0 heterocycles. The molecule has 0 spiro atoms. The average molecular weight is 287 g/mol. The van der Waals surface area contributed by atoms with E-state index in [9.17, 15) is 0 Å². The lowest BCUT2D eigenvalue weighted by atomic mass is 10.3. The maximum Gasteiger partial charge on any atom is 0.0806 e. The number of rotatable bonds is 14.